The summed E-state index contributed by atoms with van der Waals surface area (Å²) in [4.78, 5) is 4.24. The van der Waals surface area contributed by atoms with Crippen molar-refractivity contribution >= 4 is 53.9 Å². The van der Waals surface area contributed by atoms with Crippen molar-refractivity contribution < 1.29 is 62.8 Å². The number of nitrogens with two attached hydrogens (primary N) is 2. The zero-order valence-corrected chi connectivity index (χ0v) is 26.5. The van der Waals surface area contributed by atoms with Crippen LogP contribution in [-0.2, 0) is 31.2 Å². The van der Waals surface area contributed by atoms with Crippen LogP contribution >= 0.6 is 0 Å². The molecule has 0 aliphatic heterocycles. The molecule has 2 aromatic carbocycles. The number of aryl methyl sites for hydroxylation is 2. The first-order valence-electron chi connectivity index (χ1n) is 11.9. The normalized spacial score (nSPS) is 10.7. The highest BCUT2D eigenvalue weighted by Gasteiger charge is 2.05. The monoisotopic (exact) mass is 682 g/mol. The maximum Gasteiger partial charge on any atom is 0.394 e. The van der Waals surface area contributed by atoms with Gasteiger partial charge in [-0.25, -0.2) is 0 Å². The number of nitrogens with zero attached hydrogens (tertiary/aromatic N) is 2. The van der Waals surface area contributed by atoms with E-state index < -0.39 is 31.2 Å². The Hall–Kier alpha value is -2.83. The second-order valence-corrected chi connectivity index (χ2v) is 10.7. The van der Waals surface area contributed by atoms with E-state index in [0.29, 0.717) is 13.1 Å². The Morgan fingerprint density at radius 3 is 0.977 bits per heavy atom. The van der Waals surface area contributed by atoms with Crippen LogP contribution in [-0.4, -0.2) is 102 Å². The third-order valence-corrected chi connectivity index (χ3v) is 4.74. The summed E-state index contributed by atoms with van der Waals surface area (Å²) in [6.07, 6.45) is 0. The molecule has 0 saturated heterocycles. The highest BCUT2D eigenvalue weighted by atomic mass is 32.3. The van der Waals surface area contributed by atoms with Gasteiger partial charge in [-0.2, -0.15) is 25.3 Å². The van der Waals surface area contributed by atoms with Crippen LogP contribution in [0.1, 0.15) is 25.0 Å². The molecule has 2 aromatic rings. The molecule has 0 fully saturated rings. The molecule has 0 amide bonds. The van der Waals surface area contributed by atoms with Gasteiger partial charge in [0.2, 0.25) is 0 Å². The standard InChI is InChI=1S/2C11H18N2O.3H2O4S/c2*1-3-13(6-7-14)10-4-5-11(12)9(2)8-10;3*1-5(2,3)4/h2*4-5,8,14H,3,6-7,12H2,1-2H3;3*(H2,1,2,3,4). The minimum atomic E-state index is -4.67. The molecule has 0 atom stereocenters. The molecule has 0 aromatic heterocycles. The maximum atomic E-state index is 8.89. The predicted octanol–water partition coefficient (Wildman–Crippen LogP) is 0.833. The lowest BCUT2D eigenvalue weighted by Gasteiger charge is -2.22. The molecule has 0 radical (unpaired) electrons. The molecular weight excluding hydrogens is 640 g/mol. The Kier molecular flexibility index (Phi) is 22.6. The average Bonchev–Trinajstić information content (AvgIpc) is 2.82. The number of benzene rings is 2. The summed E-state index contributed by atoms with van der Waals surface area (Å²) in [6.45, 7) is 11.6. The largest absolute Gasteiger partial charge is 0.399 e. The number of aliphatic hydroxyl groups excluding tert-OH is 2. The van der Waals surface area contributed by atoms with Crippen LogP contribution in [0.25, 0.3) is 0 Å². The summed E-state index contributed by atoms with van der Waals surface area (Å²) in [6, 6.07) is 11.9. The van der Waals surface area contributed by atoms with Gasteiger partial charge in [0.25, 0.3) is 0 Å². The highest BCUT2D eigenvalue weighted by molar-refractivity contribution is 7.80. The van der Waals surface area contributed by atoms with Crippen LogP contribution in [0.2, 0.25) is 0 Å². The number of anilines is 4. The number of nitrogen functional groups attached to an aromatic ring is 2. The van der Waals surface area contributed by atoms with E-state index in [-0.39, 0.29) is 13.2 Å². The van der Waals surface area contributed by atoms with Gasteiger partial charge < -0.3 is 31.5 Å². The molecule has 43 heavy (non-hydrogen) atoms. The van der Waals surface area contributed by atoms with Crippen LogP contribution in [0, 0.1) is 13.8 Å². The van der Waals surface area contributed by atoms with Gasteiger partial charge >= 0.3 is 31.2 Å². The average molecular weight is 683 g/mol. The summed E-state index contributed by atoms with van der Waals surface area (Å²) in [5.41, 5.74) is 17.5. The molecule has 252 valence electrons. The van der Waals surface area contributed by atoms with Gasteiger partial charge in [0.15, 0.2) is 0 Å². The van der Waals surface area contributed by atoms with E-state index >= 15 is 0 Å². The predicted molar refractivity (Wildman–Crippen MR) is 164 cm³/mol. The molecule has 0 spiro atoms. The van der Waals surface area contributed by atoms with Crippen molar-refractivity contribution in [2.45, 2.75) is 27.7 Å². The van der Waals surface area contributed by atoms with Crippen molar-refractivity contribution in [2.24, 2.45) is 0 Å². The third-order valence-electron chi connectivity index (χ3n) is 4.74. The van der Waals surface area contributed by atoms with Gasteiger partial charge in [-0.05, 0) is 75.2 Å². The molecule has 21 heteroatoms. The Bertz CT molecular complexity index is 1230. The first-order valence-corrected chi connectivity index (χ1v) is 16.1. The smallest absolute Gasteiger partial charge is 0.394 e. The Labute approximate surface area is 252 Å². The lowest BCUT2D eigenvalue weighted by atomic mass is 10.1. The number of hydrogen-bond donors (Lipinski definition) is 10. The molecular formula is C22H42N4O14S3. The number of likely N-dealkylation sites (N-methyl/N-ethyl adjacent to an activating group) is 2. The first-order chi connectivity index (χ1) is 19.4. The van der Waals surface area contributed by atoms with Crippen molar-refractivity contribution in [1.82, 2.24) is 0 Å². The molecule has 0 saturated carbocycles. The third kappa shape index (κ3) is 31.9. The van der Waals surface area contributed by atoms with Gasteiger partial charge in [-0.15, -0.1) is 0 Å². The second kappa shape index (κ2) is 21.8. The van der Waals surface area contributed by atoms with Gasteiger partial charge in [0, 0.05) is 48.9 Å². The highest BCUT2D eigenvalue weighted by Crippen LogP contribution is 2.21. The molecule has 18 nitrogen and oxygen atoms in total. The van der Waals surface area contributed by atoms with E-state index in [4.69, 9.17) is 74.3 Å². The summed E-state index contributed by atoms with van der Waals surface area (Å²) in [5.74, 6) is 0. The molecule has 12 N–H and O–H groups in total. The van der Waals surface area contributed by atoms with Crippen molar-refractivity contribution in [1.29, 1.82) is 0 Å². The summed E-state index contributed by atoms with van der Waals surface area (Å²) in [5, 5.41) is 17.8. The van der Waals surface area contributed by atoms with E-state index in [1.807, 2.05) is 38.1 Å². The molecule has 0 bridgehead atoms. The fraction of sp³-hybridized carbons (Fsp3) is 0.455. The van der Waals surface area contributed by atoms with E-state index in [1.165, 1.54) is 0 Å². The van der Waals surface area contributed by atoms with Crippen LogP contribution in [0.4, 0.5) is 22.7 Å². The summed E-state index contributed by atoms with van der Waals surface area (Å²) in [7, 11) is -14.0. The van der Waals surface area contributed by atoms with Gasteiger partial charge in [0.1, 0.15) is 0 Å². The number of aliphatic hydroxyl groups is 2. The van der Waals surface area contributed by atoms with Crippen LogP contribution < -0.4 is 21.3 Å². The zero-order chi connectivity index (χ0) is 34.6. The Morgan fingerprint density at radius 2 is 0.814 bits per heavy atom. The minimum Gasteiger partial charge on any atom is -0.399 e. The van der Waals surface area contributed by atoms with Crippen LogP contribution in [0.3, 0.4) is 0 Å². The summed E-state index contributed by atoms with van der Waals surface area (Å²) >= 11 is 0. The van der Waals surface area contributed by atoms with E-state index in [9.17, 15) is 0 Å². The lowest BCUT2D eigenvalue weighted by molar-refractivity contribution is 0.302. The van der Waals surface area contributed by atoms with Crippen molar-refractivity contribution in [3.63, 3.8) is 0 Å². The van der Waals surface area contributed by atoms with Gasteiger partial charge in [-0.3, -0.25) is 27.3 Å². The van der Waals surface area contributed by atoms with E-state index in [0.717, 1.165) is 47.0 Å². The van der Waals surface area contributed by atoms with Gasteiger partial charge in [-0.1, -0.05) is 0 Å². The van der Waals surface area contributed by atoms with Crippen molar-refractivity contribution in [3.8, 4) is 0 Å². The minimum absolute atomic E-state index is 0.178. The van der Waals surface area contributed by atoms with E-state index in [2.05, 4.69) is 35.8 Å². The lowest BCUT2D eigenvalue weighted by Crippen LogP contribution is -2.26. The quantitative estimate of drug-likeness (QED) is 0.136. The molecule has 0 unspecified atom stereocenters. The number of hydrogen-bond acceptors (Lipinski definition) is 12. The van der Waals surface area contributed by atoms with Gasteiger partial charge in [0.05, 0.1) is 13.2 Å². The number of rotatable bonds is 8. The molecule has 2 rings (SSSR count). The Balaban J connectivity index is -0.000000513. The topological polar surface area (TPSA) is 323 Å². The SMILES string of the molecule is CCN(CCO)c1ccc(N)c(C)c1.CCN(CCO)c1ccc(N)c(C)c1.O=S(=O)(O)O.O=S(=O)(O)O.O=S(=O)(O)O. The molecule has 0 aliphatic carbocycles. The maximum absolute atomic E-state index is 8.89. The second-order valence-electron chi connectivity index (χ2n) is 8.03. The summed E-state index contributed by atoms with van der Waals surface area (Å²) < 4.78 is 94.8. The molecule has 0 aliphatic rings. The fourth-order valence-electron chi connectivity index (χ4n) is 2.89. The zero-order valence-electron chi connectivity index (χ0n) is 24.0. The van der Waals surface area contributed by atoms with Crippen molar-refractivity contribution in [3.05, 3.63) is 47.5 Å². The molecule has 0 heterocycles. The van der Waals surface area contributed by atoms with E-state index in [1.54, 1.807) is 0 Å². The fourth-order valence-corrected chi connectivity index (χ4v) is 2.89. The van der Waals surface area contributed by atoms with Crippen LogP contribution in [0.15, 0.2) is 36.4 Å². The first kappa shape index (κ1) is 44.6. The van der Waals surface area contributed by atoms with Crippen LogP contribution in [0.5, 0.6) is 0 Å². The van der Waals surface area contributed by atoms with Crippen molar-refractivity contribution in [2.75, 3.05) is 60.7 Å². The Morgan fingerprint density at radius 1 is 0.581 bits per heavy atom.